The first-order valence-corrected chi connectivity index (χ1v) is 5.38. The molecule has 4 nitrogen and oxygen atoms in total. The Morgan fingerprint density at radius 1 is 1.29 bits per heavy atom. The van der Waals surface area contributed by atoms with Gasteiger partial charge in [-0.2, -0.15) is 0 Å². The van der Waals surface area contributed by atoms with Crippen molar-refractivity contribution in [2.45, 2.75) is 19.9 Å². The first kappa shape index (κ1) is 13.0. The van der Waals surface area contributed by atoms with Gasteiger partial charge in [-0.3, -0.25) is 4.79 Å². The number of carboxylic acid groups (broad SMARTS) is 1. The highest BCUT2D eigenvalue weighted by atomic mass is 16.4. The number of carbonyl (C=O) groups is 2. The van der Waals surface area contributed by atoms with Gasteiger partial charge in [0.25, 0.3) is 0 Å². The Hall–Kier alpha value is -2.10. The number of benzene rings is 1. The molecule has 0 saturated heterocycles. The molecule has 0 unspecified atom stereocenters. The average molecular weight is 233 g/mol. The van der Waals surface area contributed by atoms with Crippen molar-refractivity contribution in [3.05, 3.63) is 41.5 Å². The summed E-state index contributed by atoms with van der Waals surface area (Å²) in [5.41, 5.74) is 1.80. The van der Waals surface area contributed by atoms with E-state index < -0.39 is 5.97 Å². The number of aliphatic carboxylic acids is 1. The number of carboxylic acids is 1. The van der Waals surface area contributed by atoms with Gasteiger partial charge in [0.15, 0.2) is 0 Å². The van der Waals surface area contributed by atoms with Crippen LogP contribution in [0.5, 0.6) is 0 Å². The third-order valence-electron chi connectivity index (χ3n) is 2.21. The smallest absolute Gasteiger partial charge is 0.328 e. The molecule has 0 aliphatic heterocycles. The Kier molecular flexibility index (Phi) is 4.94. The van der Waals surface area contributed by atoms with Crippen molar-refractivity contribution in [1.29, 1.82) is 0 Å². The van der Waals surface area contributed by atoms with E-state index in [0.717, 1.165) is 17.2 Å². The molecule has 1 rings (SSSR count). The summed E-state index contributed by atoms with van der Waals surface area (Å²) in [6.45, 7) is 2.30. The van der Waals surface area contributed by atoms with Crippen LogP contribution < -0.4 is 5.32 Å². The second-order valence-electron chi connectivity index (χ2n) is 3.54. The van der Waals surface area contributed by atoms with E-state index in [1.165, 1.54) is 6.08 Å². The van der Waals surface area contributed by atoms with Crippen molar-refractivity contribution < 1.29 is 14.7 Å². The highest BCUT2D eigenvalue weighted by Gasteiger charge is 1.97. The quantitative estimate of drug-likeness (QED) is 0.762. The lowest BCUT2D eigenvalue weighted by Crippen LogP contribution is -2.21. The molecule has 0 heterocycles. The van der Waals surface area contributed by atoms with Gasteiger partial charge in [-0.1, -0.05) is 31.2 Å². The summed E-state index contributed by atoms with van der Waals surface area (Å²) in [6, 6.07) is 7.34. The van der Waals surface area contributed by atoms with Gasteiger partial charge in [0.2, 0.25) is 5.91 Å². The molecule has 1 amide bonds. The average Bonchev–Trinajstić information content (AvgIpc) is 2.34. The minimum absolute atomic E-state index is 0.0137. The predicted octanol–water partition coefficient (Wildman–Crippen LogP) is 1.81. The van der Waals surface area contributed by atoms with Crippen LogP contribution in [0.1, 0.15) is 24.5 Å². The van der Waals surface area contributed by atoms with Gasteiger partial charge in [0, 0.05) is 19.0 Å². The van der Waals surface area contributed by atoms with Crippen LogP contribution in [0.3, 0.4) is 0 Å². The molecule has 1 aromatic rings. The van der Waals surface area contributed by atoms with E-state index in [1.54, 1.807) is 6.92 Å². The van der Waals surface area contributed by atoms with Crippen LogP contribution in [0, 0.1) is 0 Å². The predicted molar refractivity (Wildman–Crippen MR) is 65.2 cm³/mol. The Balaban J connectivity index is 2.56. The molecular weight excluding hydrogens is 218 g/mol. The van der Waals surface area contributed by atoms with Crippen LogP contribution in [0.25, 0.3) is 6.08 Å². The number of amides is 1. The van der Waals surface area contributed by atoms with Crippen LogP contribution in [-0.2, 0) is 16.1 Å². The molecule has 0 bridgehead atoms. The van der Waals surface area contributed by atoms with Crippen LogP contribution in [0.4, 0.5) is 0 Å². The van der Waals surface area contributed by atoms with Gasteiger partial charge in [-0.15, -0.1) is 0 Å². The van der Waals surface area contributed by atoms with E-state index in [0.29, 0.717) is 13.0 Å². The lowest BCUT2D eigenvalue weighted by Gasteiger charge is -2.03. The molecular formula is C13H15NO3. The zero-order valence-corrected chi connectivity index (χ0v) is 9.64. The second-order valence-corrected chi connectivity index (χ2v) is 3.54. The summed E-state index contributed by atoms with van der Waals surface area (Å²) >= 11 is 0. The molecule has 0 aliphatic carbocycles. The van der Waals surface area contributed by atoms with Gasteiger partial charge in [0.05, 0.1) is 0 Å². The van der Waals surface area contributed by atoms with E-state index in [4.69, 9.17) is 5.11 Å². The first-order valence-electron chi connectivity index (χ1n) is 5.38. The third kappa shape index (κ3) is 4.97. The molecule has 0 aliphatic rings. The maximum Gasteiger partial charge on any atom is 0.328 e. The molecule has 0 fully saturated rings. The van der Waals surface area contributed by atoms with Crippen molar-refractivity contribution in [2.75, 3.05) is 0 Å². The summed E-state index contributed by atoms with van der Waals surface area (Å²) in [6.07, 6.45) is 3.09. The summed E-state index contributed by atoms with van der Waals surface area (Å²) in [7, 11) is 0. The highest BCUT2D eigenvalue weighted by Crippen LogP contribution is 2.06. The minimum Gasteiger partial charge on any atom is -0.478 e. The Morgan fingerprint density at radius 2 is 1.94 bits per heavy atom. The molecule has 1 aromatic carbocycles. The standard InChI is InChI=1S/C13H15NO3/c1-2-12(15)14-9-11-5-3-10(4-6-11)7-8-13(16)17/h3-8H,2,9H2,1H3,(H,14,15)(H,16,17). The lowest BCUT2D eigenvalue weighted by atomic mass is 10.1. The molecule has 4 heteroatoms. The van der Waals surface area contributed by atoms with Crippen LogP contribution in [0.15, 0.2) is 30.3 Å². The van der Waals surface area contributed by atoms with Crippen LogP contribution >= 0.6 is 0 Å². The second kappa shape index (κ2) is 6.48. The largest absolute Gasteiger partial charge is 0.478 e. The number of rotatable bonds is 5. The van der Waals surface area contributed by atoms with Gasteiger partial charge < -0.3 is 10.4 Å². The first-order chi connectivity index (χ1) is 8.11. The Bertz CT molecular complexity index is 421. The Labute approximate surface area is 100.0 Å². The van der Waals surface area contributed by atoms with Gasteiger partial charge in [0.1, 0.15) is 0 Å². The molecule has 0 atom stereocenters. The minimum atomic E-state index is -0.968. The monoisotopic (exact) mass is 233 g/mol. The summed E-state index contributed by atoms with van der Waals surface area (Å²) in [5, 5.41) is 11.2. The van der Waals surface area contributed by atoms with Crippen molar-refractivity contribution in [3.8, 4) is 0 Å². The normalized spacial score (nSPS) is 10.4. The molecule has 0 radical (unpaired) electrons. The fourth-order valence-corrected chi connectivity index (χ4v) is 1.24. The van der Waals surface area contributed by atoms with Crippen LogP contribution in [-0.4, -0.2) is 17.0 Å². The fraction of sp³-hybridized carbons (Fsp3) is 0.231. The third-order valence-corrected chi connectivity index (χ3v) is 2.21. The summed E-state index contributed by atoms with van der Waals surface area (Å²) in [4.78, 5) is 21.4. The fourth-order valence-electron chi connectivity index (χ4n) is 1.24. The topological polar surface area (TPSA) is 66.4 Å². The van der Waals surface area contributed by atoms with E-state index in [2.05, 4.69) is 5.32 Å². The highest BCUT2D eigenvalue weighted by molar-refractivity contribution is 5.85. The summed E-state index contributed by atoms with van der Waals surface area (Å²) < 4.78 is 0. The number of nitrogens with one attached hydrogen (secondary N) is 1. The van der Waals surface area contributed by atoms with Crippen LogP contribution in [0.2, 0.25) is 0 Å². The zero-order valence-electron chi connectivity index (χ0n) is 9.64. The molecule has 0 aromatic heterocycles. The van der Waals surface area contributed by atoms with Crippen molar-refractivity contribution in [3.63, 3.8) is 0 Å². The van der Waals surface area contributed by atoms with E-state index in [9.17, 15) is 9.59 Å². The SMILES string of the molecule is CCC(=O)NCc1ccc(C=CC(=O)O)cc1. The molecule has 2 N–H and O–H groups in total. The number of hydrogen-bond donors (Lipinski definition) is 2. The number of hydrogen-bond acceptors (Lipinski definition) is 2. The molecule has 90 valence electrons. The summed E-state index contributed by atoms with van der Waals surface area (Å²) in [5.74, 6) is -0.955. The van der Waals surface area contributed by atoms with Gasteiger partial charge in [-0.05, 0) is 17.2 Å². The van der Waals surface area contributed by atoms with E-state index >= 15 is 0 Å². The van der Waals surface area contributed by atoms with Crippen molar-refractivity contribution >= 4 is 18.0 Å². The Morgan fingerprint density at radius 3 is 2.47 bits per heavy atom. The maximum atomic E-state index is 11.0. The molecule has 0 saturated carbocycles. The zero-order chi connectivity index (χ0) is 12.7. The lowest BCUT2D eigenvalue weighted by molar-refractivity contribution is -0.131. The van der Waals surface area contributed by atoms with Crippen molar-refractivity contribution in [2.24, 2.45) is 0 Å². The van der Waals surface area contributed by atoms with Gasteiger partial charge in [-0.25, -0.2) is 4.79 Å². The molecule has 17 heavy (non-hydrogen) atoms. The van der Waals surface area contributed by atoms with E-state index in [-0.39, 0.29) is 5.91 Å². The number of carbonyl (C=O) groups excluding carboxylic acids is 1. The van der Waals surface area contributed by atoms with E-state index in [1.807, 2.05) is 24.3 Å². The molecule has 0 spiro atoms. The van der Waals surface area contributed by atoms with Crippen molar-refractivity contribution in [1.82, 2.24) is 5.32 Å². The maximum absolute atomic E-state index is 11.0. The van der Waals surface area contributed by atoms with Gasteiger partial charge >= 0.3 is 5.97 Å².